The summed E-state index contributed by atoms with van der Waals surface area (Å²) in [5, 5.41) is 39.5. The third-order valence-corrected chi connectivity index (χ3v) is 6.88. The van der Waals surface area contributed by atoms with Gasteiger partial charge in [0.25, 0.3) is 0 Å². The number of nitriles is 3. The number of nitrogens with zero attached hydrogens (tertiary/aromatic N) is 4. The standard InChI is InChI=1S/C24H29N5O2/c1-5-13-24-19(6-2)23(16-27,21(28)31-24)22(14-25,15-26)20(30-24)17-9-11-18(12-10-17)29(7-3)8-4/h9-12,19-20,28H,5-8,13H2,1-4H3. The average molecular weight is 420 g/mol. The number of ether oxygens (including phenoxy) is 2. The number of hydrogen-bond donors (Lipinski definition) is 1. The Kier molecular flexibility index (Phi) is 5.99. The van der Waals surface area contributed by atoms with E-state index in [2.05, 4.69) is 37.0 Å². The van der Waals surface area contributed by atoms with Gasteiger partial charge in [-0.25, -0.2) is 0 Å². The van der Waals surface area contributed by atoms with Crippen LogP contribution in [-0.4, -0.2) is 24.8 Å². The van der Waals surface area contributed by atoms with E-state index < -0.39 is 28.6 Å². The second-order valence-electron chi connectivity index (χ2n) is 8.17. The topological polar surface area (TPSA) is 117 Å². The first-order valence-corrected chi connectivity index (χ1v) is 10.9. The van der Waals surface area contributed by atoms with Crippen molar-refractivity contribution >= 4 is 11.6 Å². The number of anilines is 1. The number of benzene rings is 1. The SMILES string of the molecule is CCCC12OC(=N)C(C#N)(C1CC)C(C#N)(C#N)C(c1ccc(N(CC)CC)cc1)O2. The van der Waals surface area contributed by atoms with E-state index in [1.807, 2.05) is 38.1 Å². The van der Waals surface area contributed by atoms with Crippen LogP contribution >= 0.6 is 0 Å². The largest absolute Gasteiger partial charge is 0.447 e. The molecule has 7 nitrogen and oxygen atoms in total. The number of rotatable bonds is 7. The van der Waals surface area contributed by atoms with Crippen molar-refractivity contribution in [1.82, 2.24) is 0 Å². The van der Waals surface area contributed by atoms with Crippen molar-refractivity contribution in [3.63, 3.8) is 0 Å². The molecule has 4 atom stereocenters. The highest BCUT2D eigenvalue weighted by Crippen LogP contribution is 2.68. The molecule has 2 saturated heterocycles. The van der Waals surface area contributed by atoms with Crippen LogP contribution in [0.1, 0.15) is 58.6 Å². The number of fused-ring (bicyclic) bond motifs is 2. The van der Waals surface area contributed by atoms with Crippen LogP contribution in [0.15, 0.2) is 24.3 Å². The summed E-state index contributed by atoms with van der Waals surface area (Å²) >= 11 is 0. The van der Waals surface area contributed by atoms with Crippen LogP contribution in [0.4, 0.5) is 5.69 Å². The van der Waals surface area contributed by atoms with Crippen molar-refractivity contribution in [1.29, 1.82) is 21.2 Å². The summed E-state index contributed by atoms with van der Waals surface area (Å²) in [6.45, 7) is 9.73. The zero-order valence-electron chi connectivity index (χ0n) is 18.6. The lowest BCUT2D eigenvalue weighted by molar-refractivity contribution is -0.286. The molecule has 2 aliphatic heterocycles. The van der Waals surface area contributed by atoms with Gasteiger partial charge < -0.3 is 14.4 Å². The third-order valence-electron chi connectivity index (χ3n) is 6.88. The highest BCUT2D eigenvalue weighted by atomic mass is 16.7. The first kappa shape index (κ1) is 22.6. The van der Waals surface area contributed by atoms with Gasteiger partial charge in [0.05, 0.1) is 24.1 Å². The number of nitrogens with one attached hydrogen (secondary N) is 1. The molecule has 7 heteroatoms. The summed E-state index contributed by atoms with van der Waals surface area (Å²) in [5.41, 5.74) is -1.93. The second-order valence-corrected chi connectivity index (χ2v) is 8.17. The molecule has 31 heavy (non-hydrogen) atoms. The van der Waals surface area contributed by atoms with Gasteiger partial charge in [-0.05, 0) is 44.4 Å². The molecule has 1 N–H and O–H groups in total. The van der Waals surface area contributed by atoms with Crippen LogP contribution in [0.3, 0.4) is 0 Å². The molecule has 0 aromatic heterocycles. The van der Waals surface area contributed by atoms with E-state index in [4.69, 9.17) is 14.9 Å². The minimum atomic E-state index is -1.90. The first-order chi connectivity index (χ1) is 14.9. The lowest BCUT2D eigenvalue weighted by Crippen LogP contribution is -2.59. The average Bonchev–Trinajstić information content (AvgIpc) is 2.98. The van der Waals surface area contributed by atoms with Gasteiger partial charge in [-0.15, -0.1) is 0 Å². The minimum Gasteiger partial charge on any atom is -0.447 e. The maximum Gasteiger partial charge on any atom is 0.217 e. The molecule has 2 fully saturated rings. The molecule has 2 bridgehead atoms. The van der Waals surface area contributed by atoms with Crippen LogP contribution in [0.5, 0.6) is 0 Å². The molecular weight excluding hydrogens is 390 g/mol. The van der Waals surface area contributed by atoms with Gasteiger partial charge in [-0.1, -0.05) is 26.0 Å². The normalized spacial score (nSPS) is 30.5. The molecule has 1 aromatic carbocycles. The zero-order valence-corrected chi connectivity index (χ0v) is 18.6. The van der Waals surface area contributed by atoms with Gasteiger partial charge in [0, 0.05) is 25.2 Å². The highest BCUT2D eigenvalue weighted by molar-refractivity contribution is 5.89. The summed E-state index contributed by atoms with van der Waals surface area (Å²) in [7, 11) is 0. The van der Waals surface area contributed by atoms with Crippen LogP contribution in [0, 0.1) is 56.2 Å². The van der Waals surface area contributed by atoms with Crippen molar-refractivity contribution < 1.29 is 9.47 Å². The van der Waals surface area contributed by atoms with Gasteiger partial charge in [0.15, 0.2) is 5.41 Å². The van der Waals surface area contributed by atoms with Crippen LogP contribution in [0.25, 0.3) is 0 Å². The van der Waals surface area contributed by atoms with Crippen molar-refractivity contribution in [2.75, 3.05) is 18.0 Å². The van der Waals surface area contributed by atoms with Crippen LogP contribution in [0.2, 0.25) is 0 Å². The molecule has 0 saturated carbocycles. The molecular formula is C24H29N5O2. The van der Waals surface area contributed by atoms with Crippen molar-refractivity contribution in [3.05, 3.63) is 29.8 Å². The summed E-state index contributed by atoms with van der Waals surface area (Å²) < 4.78 is 12.4. The predicted molar refractivity (Wildman–Crippen MR) is 116 cm³/mol. The summed E-state index contributed by atoms with van der Waals surface area (Å²) in [5.74, 6) is -2.11. The van der Waals surface area contributed by atoms with Gasteiger partial charge in [0.2, 0.25) is 17.1 Å². The third kappa shape index (κ3) is 2.83. The van der Waals surface area contributed by atoms with Crippen molar-refractivity contribution in [3.8, 4) is 18.2 Å². The molecule has 0 spiro atoms. The Labute approximate surface area is 184 Å². The molecule has 0 radical (unpaired) electrons. The predicted octanol–water partition coefficient (Wildman–Crippen LogP) is 4.68. The van der Waals surface area contributed by atoms with Gasteiger partial charge in [-0.3, -0.25) is 5.41 Å². The molecule has 3 rings (SSSR count). The summed E-state index contributed by atoms with van der Waals surface area (Å²) in [4.78, 5) is 2.19. The van der Waals surface area contributed by atoms with E-state index in [0.29, 0.717) is 24.8 Å². The molecule has 4 unspecified atom stereocenters. The quantitative estimate of drug-likeness (QED) is 0.686. The Morgan fingerprint density at radius 2 is 1.61 bits per heavy atom. The van der Waals surface area contributed by atoms with E-state index in [1.165, 1.54) is 0 Å². The fourth-order valence-electron chi connectivity index (χ4n) is 5.42. The van der Waals surface area contributed by atoms with Gasteiger partial charge >= 0.3 is 0 Å². The van der Waals surface area contributed by atoms with Gasteiger partial charge in [-0.2, -0.15) is 15.8 Å². The second kappa shape index (κ2) is 8.22. The Balaban J connectivity index is 2.22. The molecule has 2 aliphatic rings. The van der Waals surface area contributed by atoms with Crippen molar-refractivity contribution in [2.24, 2.45) is 16.7 Å². The fourth-order valence-corrected chi connectivity index (χ4v) is 5.42. The van der Waals surface area contributed by atoms with E-state index in [1.54, 1.807) is 0 Å². The number of hydrogen-bond acceptors (Lipinski definition) is 7. The zero-order chi connectivity index (χ0) is 22.9. The molecule has 2 heterocycles. The lowest BCUT2D eigenvalue weighted by atomic mass is 9.52. The minimum absolute atomic E-state index is 0.333. The Morgan fingerprint density at radius 3 is 2.06 bits per heavy atom. The van der Waals surface area contributed by atoms with E-state index >= 15 is 0 Å². The molecule has 1 aromatic rings. The van der Waals surface area contributed by atoms with Crippen LogP contribution < -0.4 is 4.90 Å². The van der Waals surface area contributed by atoms with Crippen molar-refractivity contribution in [2.45, 2.75) is 58.8 Å². The maximum absolute atomic E-state index is 10.3. The molecule has 162 valence electrons. The Morgan fingerprint density at radius 1 is 1.00 bits per heavy atom. The highest BCUT2D eigenvalue weighted by Gasteiger charge is 2.79. The lowest BCUT2D eigenvalue weighted by Gasteiger charge is -2.49. The Bertz CT molecular complexity index is 952. The Hall–Kier alpha value is -3.08. The summed E-state index contributed by atoms with van der Waals surface area (Å²) in [6, 6.07) is 14.0. The molecule has 0 aliphatic carbocycles. The van der Waals surface area contributed by atoms with E-state index in [-0.39, 0.29) is 5.90 Å². The molecule has 0 amide bonds. The smallest absolute Gasteiger partial charge is 0.217 e. The first-order valence-electron chi connectivity index (χ1n) is 10.9. The maximum atomic E-state index is 10.3. The monoisotopic (exact) mass is 419 g/mol. The van der Waals surface area contributed by atoms with E-state index in [0.717, 1.165) is 18.8 Å². The van der Waals surface area contributed by atoms with Gasteiger partial charge in [0.1, 0.15) is 6.10 Å². The van der Waals surface area contributed by atoms with E-state index in [9.17, 15) is 15.8 Å². The summed E-state index contributed by atoms with van der Waals surface area (Å²) in [6.07, 6.45) is 0.628. The fraction of sp³-hybridized carbons (Fsp3) is 0.583. The van der Waals surface area contributed by atoms with Crippen LogP contribution in [-0.2, 0) is 9.47 Å².